The van der Waals surface area contributed by atoms with Crippen molar-refractivity contribution in [2.24, 2.45) is 0 Å². The van der Waals surface area contributed by atoms with Gasteiger partial charge >= 0.3 is 0 Å². The fourth-order valence-electron chi connectivity index (χ4n) is 12.4. The first kappa shape index (κ1) is 41.4. The van der Waals surface area contributed by atoms with Crippen LogP contribution in [0, 0.1) is 0 Å². The Morgan fingerprint density at radius 1 is 0.319 bits per heavy atom. The number of fused-ring (bicyclic) bond motifs is 10. The molecule has 0 aliphatic heterocycles. The number of ether oxygens (including phenoxy) is 1. The number of benzene rings is 11. The van der Waals surface area contributed by atoms with Gasteiger partial charge in [0.15, 0.2) is 0 Å². The van der Waals surface area contributed by atoms with Crippen molar-refractivity contribution in [3.05, 3.63) is 222 Å². The van der Waals surface area contributed by atoms with Crippen molar-refractivity contribution in [1.29, 1.82) is 0 Å². The Morgan fingerprint density at radius 2 is 0.652 bits per heavy atom. The third-order valence-electron chi connectivity index (χ3n) is 15.9. The molecule has 0 radical (unpaired) electrons. The minimum absolute atomic E-state index is 0.0414. The van der Waals surface area contributed by atoms with Crippen molar-refractivity contribution in [2.75, 3.05) is 6.61 Å². The van der Waals surface area contributed by atoms with Crippen molar-refractivity contribution in [2.45, 2.75) is 58.3 Å². The summed E-state index contributed by atoms with van der Waals surface area (Å²) in [6.07, 6.45) is 2.17. The first-order valence-electron chi connectivity index (χ1n) is 24.9. The fourth-order valence-corrected chi connectivity index (χ4v) is 12.4. The van der Waals surface area contributed by atoms with Crippen LogP contribution in [-0.2, 0) is 10.8 Å². The lowest BCUT2D eigenvalue weighted by Gasteiger charge is -2.24. The van der Waals surface area contributed by atoms with Gasteiger partial charge in [-0.3, -0.25) is 0 Å². The zero-order valence-electron chi connectivity index (χ0n) is 40.1. The molecule has 2 aliphatic rings. The van der Waals surface area contributed by atoms with Crippen LogP contribution in [0.15, 0.2) is 200 Å². The molecule has 0 heterocycles. The van der Waals surface area contributed by atoms with Crippen molar-refractivity contribution in [1.82, 2.24) is 0 Å². The minimum Gasteiger partial charge on any atom is -0.494 e. The molecule has 1 heteroatoms. The molecule has 332 valence electrons. The van der Waals surface area contributed by atoms with Crippen LogP contribution in [0.25, 0.3) is 110 Å². The number of unbranched alkanes of at least 4 members (excludes halogenated alkanes) is 1. The van der Waals surface area contributed by atoms with Crippen LogP contribution in [0.3, 0.4) is 0 Å². The van der Waals surface area contributed by atoms with E-state index in [0.717, 1.165) is 25.2 Å². The second-order valence-corrected chi connectivity index (χ2v) is 20.5. The van der Waals surface area contributed by atoms with E-state index < -0.39 is 0 Å². The van der Waals surface area contributed by atoms with Gasteiger partial charge in [0.1, 0.15) is 5.75 Å². The molecule has 0 fully saturated rings. The molecule has 0 atom stereocenters. The third-order valence-corrected chi connectivity index (χ3v) is 15.9. The van der Waals surface area contributed by atoms with E-state index in [1.165, 1.54) is 132 Å². The van der Waals surface area contributed by atoms with Gasteiger partial charge in [0.25, 0.3) is 0 Å². The van der Waals surface area contributed by atoms with Gasteiger partial charge in [-0.2, -0.15) is 0 Å². The van der Waals surface area contributed by atoms with Gasteiger partial charge in [-0.1, -0.05) is 211 Å². The van der Waals surface area contributed by atoms with Gasteiger partial charge in [-0.25, -0.2) is 0 Å². The van der Waals surface area contributed by atoms with Crippen LogP contribution in [-0.4, -0.2) is 6.61 Å². The summed E-state index contributed by atoms with van der Waals surface area (Å²) in [7, 11) is 0. The Kier molecular flexibility index (Phi) is 9.40. The quantitative estimate of drug-likeness (QED) is 0.109. The molecule has 11 aromatic rings. The van der Waals surface area contributed by atoms with Gasteiger partial charge in [-0.15, -0.1) is 0 Å². The molecular weight excluding hydrogens is 833 g/mol. The summed E-state index contributed by atoms with van der Waals surface area (Å²) in [6.45, 7) is 12.5. The van der Waals surface area contributed by atoms with E-state index in [0.29, 0.717) is 0 Å². The summed E-state index contributed by atoms with van der Waals surface area (Å²) in [4.78, 5) is 0. The van der Waals surface area contributed by atoms with Gasteiger partial charge < -0.3 is 4.74 Å². The van der Waals surface area contributed by atoms with Crippen molar-refractivity contribution in [3.63, 3.8) is 0 Å². The lowest BCUT2D eigenvalue weighted by molar-refractivity contribution is 0.309. The zero-order valence-corrected chi connectivity index (χ0v) is 40.1. The summed E-state index contributed by atoms with van der Waals surface area (Å²) < 4.78 is 6.10. The van der Waals surface area contributed by atoms with Crippen LogP contribution in [0.2, 0.25) is 0 Å². The molecule has 0 spiro atoms. The topological polar surface area (TPSA) is 9.23 Å². The van der Waals surface area contributed by atoms with E-state index in [1.807, 2.05) is 0 Å². The standard InChI is InChI=1S/C68H54O/c1-6-7-38-69-46-33-28-42(29-34-46)63-51-19-8-12-23-55(51)65(56-24-13-9-20-52(56)63)66-57-25-14-10-21-53(57)64(54-22-11-15-26-58(54)66)45-32-37-50-49-36-31-44(40-61(49)68(4,5)62(50)41-45)43-30-35-48-47-18-16-17-27-59(47)67(2,3)60(48)39-43/h8-37,39-41H,6-7,38H2,1-5H3. The first-order valence-corrected chi connectivity index (χ1v) is 24.9. The van der Waals surface area contributed by atoms with Crippen LogP contribution in [0.1, 0.15) is 69.7 Å². The molecule has 1 nitrogen and oxygen atoms in total. The van der Waals surface area contributed by atoms with E-state index in [4.69, 9.17) is 4.74 Å². The molecule has 13 rings (SSSR count). The smallest absolute Gasteiger partial charge is 0.119 e. The van der Waals surface area contributed by atoms with Crippen molar-refractivity contribution in [3.8, 4) is 72.5 Å². The Hall–Kier alpha value is -7.74. The number of hydrogen-bond acceptors (Lipinski definition) is 1. The Labute approximate surface area is 405 Å². The molecule has 0 aromatic heterocycles. The highest BCUT2D eigenvalue weighted by atomic mass is 16.5. The zero-order chi connectivity index (χ0) is 46.6. The number of rotatable bonds is 8. The van der Waals surface area contributed by atoms with Crippen LogP contribution in [0.5, 0.6) is 5.75 Å². The lowest BCUT2D eigenvalue weighted by atomic mass is 9.79. The van der Waals surface area contributed by atoms with Gasteiger partial charge in [0.2, 0.25) is 0 Å². The average Bonchev–Trinajstić information content (AvgIpc) is 3.76. The van der Waals surface area contributed by atoms with E-state index in [1.54, 1.807) is 0 Å². The molecule has 0 bridgehead atoms. The third kappa shape index (κ3) is 6.23. The SMILES string of the molecule is CCCCOc1ccc(-c2c3ccccc3c(-c3c4ccccc4c(-c4ccc5c(c4)C(C)(C)c4cc(-c6ccc7c(c6)C(C)(C)c6ccccc6-7)ccc4-5)c4ccccc34)c3ccccc23)cc1. The average molecular weight is 887 g/mol. The molecule has 0 amide bonds. The van der Waals surface area contributed by atoms with E-state index in [-0.39, 0.29) is 10.8 Å². The van der Waals surface area contributed by atoms with Crippen LogP contribution in [0.4, 0.5) is 0 Å². The normalized spacial score (nSPS) is 14.0. The highest BCUT2D eigenvalue weighted by molar-refractivity contribution is 6.30. The van der Waals surface area contributed by atoms with Gasteiger partial charge in [0, 0.05) is 10.8 Å². The monoisotopic (exact) mass is 886 g/mol. The lowest BCUT2D eigenvalue weighted by Crippen LogP contribution is -2.15. The first-order chi connectivity index (χ1) is 33.7. The van der Waals surface area contributed by atoms with Gasteiger partial charge in [0.05, 0.1) is 6.61 Å². The van der Waals surface area contributed by atoms with E-state index in [2.05, 4.69) is 235 Å². The van der Waals surface area contributed by atoms with E-state index >= 15 is 0 Å². The summed E-state index contributed by atoms with van der Waals surface area (Å²) in [5.74, 6) is 0.919. The highest BCUT2D eigenvalue weighted by Crippen LogP contribution is 2.55. The molecule has 0 saturated heterocycles. The molecule has 2 aliphatic carbocycles. The van der Waals surface area contributed by atoms with Crippen molar-refractivity contribution >= 4 is 43.1 Å². The summed E-state index contributed by atoms with van der Waals surface area (Å²) >= 11 is 0. The minimum atomic E-state index is -0.198. The van der Waals surface area contributed by atoms with Gasteiger partial charge in [-0.05, 0) is 169 Å². The van der Waals surface area contributed by atoms with E-state index in [9.17, 15) is 0 Å². The van der Waals surface area contributed by atoms with Crippen LogP contribution < -0.4 is 4.74 Å². The summed E-state index contributed by atoms with van der Waals surface area (Å²) in [5, 5.41) is 10.0. The highest BCUT2D eigenvalue weighted by Gasteiger charge is 2.38. The fraction of sp³-hybridized carbons (Fsp3) is 0.147. The second-order valence-electron chi connectivity index (χ2n) is 20.5. The van der Waals surface area contributed by atoms with Crippen LogP contribution >= 0.6 is 0 Å². The maximum absolute atomic E-state index is 6.10. The number of hydrogen-bond donors (Lipinski definition) is 0. The largest absolute Gasteiger partial charge is 0.494 e. The second kappa shape index (κ2) is 15.7. The molecule has 69 heavy (non-hydrogen) atoms. The maximum atomic E-state index is 6.10. The molecule has 0 saturated carbocycles. The molecule has 11 aromatic carbocycles. The summed E-state index contributed by atoms with van der Waals surface area (Å²) in [6, 6.07) is 75.6. The Balaban J connectivity index is 0.955. The molecule has 0 N–H and O–H groups in total. The predicted molar refractivity (Wildman–Crippen MR) is 294 cm³/mol. The Bertz CT molecular complexity index is 3790. The Morgan fingerprint density at radius 3 is 1.10 bits per heavy atom. The predicted octanol–water partition coefficient (Wildman–Crippen LogP) is 18.8. The maximum Gasteiger partial charge on any atom is 0.119 e. The molecule has 0 unspecified atom stereocenters. The van der Waals surface area contributed by atoms with Crippen molar-refractivity contribution < 1.29 is 4.74 Å². The molecular formula is C68H54O. The summed E-state index contributed by atoms with van der Waals surface area (Å²) in [5.41, 5.74) is 20.8.